The lowest BCUT2D eigenvalue weighted by Gasteiger charge is -2.16. The topological polar surface area (TPSA) is 20.3 Å². The molecule has 0 saturated heterocycles. The second-order valence-electron chi connectivity index (χ2n) is 3.35. The summed E-state index contributed by atoms with van der Waals surface area (Å²) in [4.78, 5) is 13.4. The summed E-state index contributed by atoms with van der Waals surface area (Å²) in [5, 5.41) is 0. The van der Waals surface area contributed by atoms with Gasteiger partial charge in [-0.15, -0.1) is 0 Å². The Morgan fingerprint density at radius 1 is 1.53 bits per heavy atom. The summed E-state index contributed by atoms with van der Waals surface area (Å²) in [7, 11) is 1.71. The van der Waals surface area contributed by atoms with E-state index >= 15 is 0 Å². The van der Waals surface area contributed by atoms with Crippen LogP contribution in [-0.2, 0) is 0 Å². The number of carbonyl (C=O) groups excluding carboxylic acids is 1. The summed E-state index contributed by atoms with van der Waals surface area (Å²) < 4.78 is 13.6. The highest BCUT2D eigenvalue weighted by Gasteiger charge is 2.14. The quantitative estimate of drug-likeness (QED) is 0.829. The number of hydrogen-bond acceptors (Lipinski definition) is 1. The van der Waals surface area contributed by atoms with Gasteiger partial charge in [-0.2, -0.15) is 0 Å². The van der Waals surface area contributed by atoms with Crippen molar-refractivity contribution in [1.82, 2.24) is 4.90 Å². The lowest BCUT2D eigenvalue weighted by atomic mass is 10.2. The van der Waals surface area contributed by atoms with Crippen LogP contribution < -0.4 is 0 Å². The van der Waals surface area contributed by atoms with Crippen molar-refractivity contribution in [3.8, 4) is 0 Å². The van der Waals surface area contributed by atoms with Crippen LogP contribution in [0, 0.1) is 5.82 Å². The van der Waals surface area contributed by atoms with Gasteiger partial charge in [-0.1, -0.05) is 6.92 Å². The van der Waals surface area contributed by atoms with Crippen molar-refractivity contribution in [2.75, 3.05) is 13.6 Å². The average Bonchev–Trinajstić information content (AvgIpc) is 2.21. The van der Waals surface area contributed by atoms with Crippen LogP contribution in [0.1, 0.15) is 23.7 Å². The SMILES string of the molecule is CCCN(C)C(=O)c1cc(F)ccc1Br. The van der Waals surface area contributed by atoms with E-state index in [-0.39, 0.29) is 5.91 Å². The third kappa shape index (κ3) is 3.02. The first-order chi connectivity index (χ1) is 7.06. The molecule has 0 atom stereocenters. The van der Waals surface area contributed by atoms with Crippen LogP contribution in [0.4, 0.5) is 4.39 Å². The van der Waals surface area contributed by atoms with Crippen LogP contribution in [0.3, 0.4) is 0 Å². The molecule has 0 aliphatic carbocycles. The van der Waals surface area contributed by atoms with Gasteiger partial charge in [-0.05, 0) is 40.5 Å². The molecule has 0 unspecified atom stereocenters. The molecule has 1 amide bonds. The van der Waals surface area contributed by atoms with E-state index in [1.165, 1.54) is 12.1 Å². The van der Waals surface area contributed by atoms with Crippen LogP contribution >= 0.6 is 15.9 Å². The van der Waals surface area contributed by atoms with Crippen molar-refractivity contribution in [3.63, 3.8) is 0 Å². The Morgan fingerprint density at radius 3 is 2.80 bits per heavy atom. The van der Waals surface area contributed by atoms with Crippen LogP contribution in [0.25, 0.3) is 0 Å². The second kappa shape index (κ2) is 5.26. The summed E-state index contributed by atoms with van der Waals surface area (Å²) in [5.41, 5.74) is 0.367. The summed E-state index contributed by atoms with van der Waals surface area (Å²) in [5.74, 6) is -0.560. The molecule has 4 heteroatoms. The molecule has 0 aromatic heterocycles. The Bertz CT molecular complexity index is 368. The third-order valence-corrected chi connectivity index (χ3v) is 2.76. The van der Waals surface area contributed by atoms with E-state index in [4.69, 9.17) is 0 Å². The highest BCUT2D eigenvalue weighted by molar-refractivity contribution is 9.10. The lowest BCUT2D eigenvalue weighted by molar-refractivity contribution is 0.0793. The van der Waals surface area contributed by atoms with E-state index in [9.17, 15) is 9.18 Å². The predicted octanol–water partition coefficient (Wildman–Crippen LogP) is 3.07. The van der Waals surface area contributed by atoms with E-state index in [1.54, 1.807) is 18.0 Å². The summed E-state index contributed by atoms with van der Waals surface area (Å²) in [6.07, 6.45) is 0.884. The number of halogens is 2. The first kappa shape index (κ1) is 12.2. The Hall–Kier alpha value is -0.900. The van der Waals surface area contributed by atoms with E-state index in [2.05, 4.69) is 15.9 Å². The van der Waals surface area contributed by atoms with Gasteiger partial charge in [0.2, 0.25) is 0 Å². The molecule has 0 N–H and O–H groups in total. The fourth-order valence-corrected chi connectivity index (χ4v) is 1.72. The Labute approximate surface area is 97.2 Å². The smallest absolute Gasteiger partial charge is 0.254 e. The van der Waals surface area contributed by atoms with Crippen LogP contribution in [0.5, 0.6) is 0 Å². The van der Waals surface area contributed by atoms with Gasteiger partial charge in [0.1, 0.15) is 5.82 Å². The van der Waals surface area contributed by atoms with Crippen molar-refractivity contribution in [2.45, 2.75) is 13.3 Å². The number of carbonyl (C=O) groups is 1. The van der Waals surface area contributed by atoms with Crippen molar-refractivity contribution in [2.24, 2.45) is 0 Å². The van der Waals surface area contributed by atoms with Crippen molar-refractivity contribution >= 4 is 21.8 Å². The number of benzene rings is 1. The van der Waals surface area contributed by atoms with Gasteiger partial charge in [0.05, 0.1) is 5.56 Å². The first-order valence-corrected chi connectivity index (χ1v) is 5.56. The molecule has 0 heterocycles. The molecule has 0 fully saturated rings. The summed E-state index contributed by atoms with van der Waals surface area (Å²) in [6, 6.07) is 4.11. The number of amides is 1. The minimum absolute atomic E-state index is 0.164. The Morgan fingerprint density at radius 2 is 2.20 bits per heavy atom. The van der Waals surface area contributed by atoms with Gasteiger partial charge >= 0.3 is 0 Å². The number of rotatable bonds is 3. The molecular weight excluding hydrogens is 261 g/mol. The van der Waals surface area contributed by atoms with Gasteiger partial charge < -0.3 is 4.90 Å². The lowest BCUT2D eigenvalue weighted by Crippen LogP contribution is -2.27. The zero-order valence-electron chi connectivity index (χ0n) is 8.76. The summed E-state index contributed by atoms with van der Waals surface area (Å²) >= 11 is 3.24. The van der Waals surface area contributed by atoms with Crippen molar-refractivity contribution in [3.05, 3.63) is 34.1 Å². The van der Waals surface area contributed by atoms with Gasteiger partial charge in [0.25, 0.3) is 5.91 Å². The first-order valence-electron chi connectivity index (χ1n) is 4.76. The van der Waals surface area contributed by atoms with E-state index < -0.39 is 5.82 Å². The highest BCUT2D eigenvalue weighted by atomic mass is 79.9. The molecule has 0 radical (unpaired) electrons. The zero-order valence-corrected chi connectivity index (χ0v) is 10.3. The molecule has 1 rings (SSSR count). The second-order valence-corrected chi connectivity index (χ2v) is 4.21. The van der Waals surface area contributed by atoms with Crippen LogP contribution in [-0.4, -0.2) is 24.4 Å². The maximum atomic E-state index is 13.0. The standard InChI is InChI=1S/C11H13BrFNO/c1-3-6-14(2)11(15)9-7-8(13)4-5-10(9)12/h4-5,7H,3,6H2,1-2H3. The maximum Gasteiger partial charge on any atom is 0.254 e. The molecule has 2 nitrogen and oxygen atoms in total. The van der Waals surface area contributed by atoms with Gasteiger partial charge in [-0.25, -0.2) is 4.39 Å². The molecule has 82 valence electrons. The Kier molecular flexibility index (Phi) is 4.27. The van der Waals surface area contributed by atoms with E-state index in [0.29, 0.717) is 16.6 Å². The normalized spacial score (nSPS) is 10.1. The molecule has 0 bridgehead atoms. The fourth-order valence-electron chi connectivity index (χ4n) is 1.30. The zero-order chi connectivity index (χ0) is 11.4. The maximum absolute atomic E-state index is 13.0. The molecule has 1 aromatic carbocycles. The third-order valence-electron chi connectivity index (χ3n) is 2.06. The van der Waals surface area contributed by atoms with E-state index in [1.807, 2.05) is 6.92 Å². The van der Waals surface area contributed by atoms with E-state index in [0.717, 1.165) is 6.42 Å². The molecule has 0 spiro atoms. The molecule has 0 saturated carbocycles. The monoisotopic (exact) mass is 273 g/mol. The minimum Gasteiger partial charge on any atom is -0.342 e. The van der Waals surface area contributed by atoms with Gasteiger partial charge in [0, 0.05) is 18.1 Å². The highest BCUT2D eigenvalue weighted by Crippen LogP contribution is 2.19. The molecule has 0 aliphatic rings. The predicted molar refractivity (Wildman–Crippen MR) is 61.4 cm³/mol. The minimum atomic E-state index is -0.397. The van der Waals surface area contributed by atoms with Gasteiger partial charge in [0.15, 0.2) is 0 Å². The molecule has 1 aromatic rings. The summed E-state index contributed by atoms with van der Waals surface area (Å²) in [6.45, 7) is 2.66. The van der Waals surface area contributed by atoms with Crippen molar-refractivity contribution in [1.29, 1.82) is 0 Å². The molecular formula is C11H13BrFNO. The number of hydrogen-bond donors (Lipinski definition) is 0. The fraction of sp³-hybridized carbons (Fsp3) is 0.364. The molecule has 0 aliphatic heterocycles. The number of nitrogens with zero attached hydrogens (tertiary/aromatic N) is 1. The average molecular weight is 274 g/mol. The Balaban J connectivity index is 2.95. The van der Waals surface area contributed by atoms with Crippen molar-refractivity contribution < 1.29 is 9.18 Å². The van der Waals surface area contributed by atoms with Gasteiger partial charge in [-0.3, -0.25) is 4.79 Å². The largest absolute Gasteiger partial charge is 0.342 e. The van der Waals surface area contributed by atoms with Crippen LogP contribution in [0.2, 0.25) is 0 Å². The van der Waals surface area contributed by atoms with Crippen LogP contribution in [0.15, 0.2) is 22.7 Å². The molecule has 15 heavy (non-hydrogen) atoms.